The number of alkyl halides is 1. The summed E-state index contributed by atoms with van der Waals surface area (Å²) in [7, 11) is 4.32. The van der Waals surface area contributed by atoms with Crippen LogP contribution in [0.15, 0.2) is 6.07 Å². The Morgan fingerprint density at radius 3 is 2.53 bits per heavy atom. The van der Waals surface area contributed by atoms with E-state index in [2.05, 4.69) is 20.9 Å². The highest BCUT2D eigenvalue weighted by atomic mass is 79.9. The number of aromatic nitrogens is 1. The Labute approximate surface area is 108 Å². The lowest BCUT2D eigenvalue weighted by atomic mass is 10.1. The van der Waals surface area contributed by atoms with Crippen molar-refractivity contribution in [1.29, 1.82) is 0 Å². The number of nitrogens with zero attached hydrogens (tertiary/aromatic N) is 1. The van der Waals surface area contributed by atoms with E-state index >= 15 is 0 Å². The van der Waals surface area contributed by atoms with Crippen molar-refractivity contribution in [2.24, 2.45) is 0 Å². The Morgan fingerprint density at radius 1 is 1.35 bits per heavy atom. The third-order valence-corrected chi connectivity index (χ3v) is 2.58. The first kappa shape index (κ1) is 13.8. The molecule has 0 radical (unpaired) electrons. The van der Waals surface area contributed by atoms with Gasteiger partial charge in [-0.05, 0) is 0 Å². The van der Waals surface area contributed by atoms with Gasteiger partial charge in [0.15, 0.2) is 0 Å². The molecule has 0 aliphatic carbocycles. The highest BCUT2D eigenvalue weighted by Crippen LogP contribution is 2.27. The van der Waals surface area contributed by atoms with E-state index in [-0.39, 0.29) is 0 Å². The van der Waals surface area contributed by atoms with Gasteiger partial charge in [-0.25, -0.2) is 9.78 Å². The lowest BCUT2D eigenvalue weighted by molar-refractivity contribution is 0.0595. The van der Waals surface area contributed by atoms with Crippen LogP contribution in [0.2, 0.25) is 0 Å². The summed E-state index contributed by atoms with van der Waals surface area (Å²) < 4.78 is 14.9. The molecule has 17 heavy (non-hydrogen) atoms. The first-order valence-electron chi connectivity index (χ1n) is 4.94. The Morgan fingerprint density at radius 2 is 2.06 bits per heavy atom. The molecule has 1 heterocycles. The van der Waals surface area contributed by atoms with Crippen molar-refractivity contribution in [3.63, 3.8) is 0 Å². The first-order valence-corrected chi connectivity index (χ1v) is 6.06. The van der Waals surface area contributed by atoms with Crippen LogP contribution in [0.5, 0.6) is 11.6 Å². The summed E-state index contributed by atoms with van der Waals surface area (Å²) in [5.74, 6) is 0.345. The fourth-order valence-electron chi connectivity index (χ4n) is 1.40. The number of rotatable bonds is 5. The number of aryl methyl sites for hydroxylation is 1. The van der Waals surface area contributed by atoms with Crippen molar-refractivity contribution in [2.75, 3.05) is 26.7 Å². The van der Waals surface area contributed by atoms with E-state index in [0.717, 1.165) is 0 Å². The van der Waals surface area contributed by atoms with Gasteiger partial charge in [0.1, 0.15) is 11.3 Å². The maximum Gasteiger partial charge on any atom is 0.343 e. The van der Waals surface area contributed by atoms with Gasteiger partial charge in [0.25, 0.3) is 0 Å². The van der Waals surface area contributed by atoms with Crippen molar-refractivity contribution in [2.45, 2.75) is 6.42 Å². The highest BCUT2D eigenvalue weighted by Gasteiger charge is 2.20. The molecular weight excluding hydrogens is 290 g/mol. The van der Waals surface area contributed by atoms with E-state index < -0.39 is 5.97 Å². The summed E-state index contributed by atoms with van der Waals surface area (Å²) in [6, 6.07) is 1.56. The summed E-state index contributed by atoms with van der Waals surface area (Å²) >= 11 is 3.31. The molecule has 0 saturated carbocycles. The highest BCUT2D eigenvalue weighted by molar-refractivity contribution is 9.09. The SMILES string of the molecule is COC(=O)c1c(OC)cc(OC)nc1CCBr. The van der Waals surface area contributed by atoms with E-state index in [1.54, 1.807) is 6.07 Å². The molecule has 1 aromatic heterocycles. The minimum atomic E-state index is -0.465. The number of carbonyl (C=O) groups excluding carboxylic acids is 1. The number of halogens is 1. The lowest BCUT2D eigenvalue weighted by Crippen LogP contribution is -2.11. The lowest BCUT2D eigenvalue weighted by Gasteiger charge is -2.12. The molecule has 0 spiro atoms. The van der Waals surface area contributed by atoms with Crippen molar-refractivity contribution < 1.29 is 19.0 Å². The molecule has 1 rings (SSSR count). The fraction of sp³-hybridized carbons (Fsp3) is 0.455. The standard InChI is InChI=1S/C11H14BrNO4/c1-15-8-6-9(16-2)13-7(4-5-12)10(8)11(14)17-3/h6H,4-5H2,1-3H3. The summed E-state index contributed by atoms with van der Waals surface area (Å²) in [6.45, 7) is 0. The van der Waals surface area contributed by atoms with Crippen LogP contribution in [-0.2, 0) is 11.2 Å². The zero-order valence-corrected chi connectivity index (χ0v) is 11.5. The van der Waals surface area contributed by atoms with Crippen molar-refractivity contribution >= 4 is 21.9 Å². The number of hydrogen-bond donors (Lipinski definition) is 0. The van der Waals surface area contributed by atoms with E-state index in [1.165, 1.54) is 21.3 Å². The van der Waals surface area contributed by atoms with Crippen LogP contribution in [0.3, 0.4) is 0 Å². The molecule has 0 fully saturated rings. The smallest absolute Gasteiger partial charge is 0.343 e. The second-order valence-corrected chi connectivity index (χ2v) is 3.91. The average molecular weight is 304 g/mol. The van der Waals surface area contributed by atoms with E-state index in [0.29, 0.717) is 34.6 Å². The topological polar surface area (TPSA) is 57.7 Å². The second kappa shape index (κ2) is 6.44. The van der Waals surface area contributed by atoms with Crippen LogP contribution in [0.4, 0.5) is 0 Å². The van der Waals surface area contributed by atoms with Crippen molar-refractivity contribution in [3.8, 4) is 11.6 Å². The van der Waals surface area contributed by atoms with E-state index in [1.807, 2.05) is 0 Å². The third-order valence-electron chi connectivity index (χ3n) is 2.18. The number of esters is 1. The molecule has 0 bridgehead atoms. The van der Waals surface area contributed by atoms with Crippen LogP contribution in [0.1, 0.15) is 16.1 Å². The molecule has 0 atom stereocenters. The third kappa shape index (κ3) is 3.09. The van der Waals surface area contributed by atoms with Gasteiger partial charge in [-0.15, -0.1) is 0 Å². The predicted octanol–water partition coefficient (Wildman–Crippen LogP) is 1.82. The van der Waals surface area contributed by atoms with Crippen LogP contribution in [0.25, 0.3) is 0 Å². The van der Waals surface area contributed by atoms with Gasteiger partial charge in [-0.2, -0.15) is 0 Å². The van der Waals surface area contributed by atoms with Gasteiger partial charge in [0.2, 0.25) is 5.88 Å². The molecule has 0 aliphatic rings. The molecule has 94 valence electrons. The van der Waals surface area contributed by atoms with E-state index in [9.17, 15) is 4.79 Å². The number of carbonyl (C=O) groups is 1. The molecule has 5 nitrogen and oxygen atoms in total. The maximum atomic E-state index is 11.7. The van der Waals surface area contributed by atoms with Crippen molar-refractivity contribution in [1.82, 2.24) is 4.98 Å². The van der Waals surface area contributed by atoms with Gasteiger partial charge < -0.3 is 14.2 Å². The zero-order chi connectivity index (χ0) is 12.8. The average Bonchev–Trinajstić information content (AvgIpc) is 2.37. The summed E-state index contributed by atoms with van der Waals surface area (Å²) in [5, 5.41) is 0.681. The monoisotopic (exact) mass is 303 g/mol. The van der Waals surface area contributed by atoms with Crippen LogP contribution in [0, 0.1) is 0 Å². The van der Waals surface area contributed by atoms with Gasteiger partial charge >= 0.3 is 5.97 Å². The molecule has 0 aromatic carbocycles. The molecule has 0 aliphatic heterocycles. The molecule has 0 unspecified atom stereocenters. The quantitative estimate of drug-likeness (QED) is 0.613. The van der Waals surface area contributed by atoms with Crippen LogP contribution in [-0.4, -0.2) is 37.6 Å². The Kier molecular flexibility index (Phi) is 5.21. The molecular formula is C11H14BrNO4. The van der Waals surface area contributed by atoms with Crippen LogP contribution < -0.4 is 9.47 Å². The van der Waals surface area contributed by atoms with Gasteiger partial charge in [0.05, 0.1) is 27.0 Å². The Balaban J connectivity index is 3.34. The van der Waals surface area contributed by atoms with Crippen molar-refractivity contribution in [3.05, 3.63) is 17.3 Å². The summed E-state index contributed by atoms with van der Waals surface area (Å²) in [6.07, 6.45) is 0.581. The number of ether oxygens (including phenoxy) is 3. The first-order chi connectivity index (χ1) is 8.17. The Bertz CT molecular complexity index is 409. The number of hydrogen-bond acceptors (Lipinski definition) is 5. The second-order valence-electron chi connectivity index (χ2n) is 3.12. The summed E-state index contributed by atoms with van der Waals surface area (Å²) in [4.78, 5) is 15.9. The Hall–Kier alpha value is -1.30. The molecule has 0 saturated heterocycles. The van der Waals surface area contributed by atoms with Gasteiger partial charge in [0, 0.05) is 17.8 Å². The minimum Gasteiger partial charge on any atom is -0.496 e. The number of pyridine rings is 1. The van der Waals surface area contributed by atoms with Gasteiger partial charge in [-0.1, -0.05) is 15.9 Å². The molecule has 0 amide bonds. The minimum absolute atomic E-state index is 0.343. The largest absolute Gasteiger partial charge is 0.496 e. The molecule has 1 aromatic rings. The maximum absolute atomic E-state index is 11.7. The fourth-order valence-corrected chi connectivity index (χ4v) is 1.78. The van der Waals surface area contributed by atoms with Gasteiger partial charge in [-0.3, -0.25) is 0 Å². The predicted molar refractivity (Wildman–Crippen MR) is 66.2 cm³/mol. The molecule has 0 N–H and O–H groups in total. The number of methoxy groups -OCH3 is 3. The molecule has 6 heteroatoms. The summed E-state index contributed by atoms with van der Waals surface area (Å²) in [5.41, 5.74) is 0.931. The normalized spacial score (nSPS) is 9.88. The van der Waals surface area contributed by atoms with E-state index in [4.69, 9.17) is 14.2 Å². The zero-order valence-electron chi connectivity index (χ0n) is 9.95. The van der Waals surface area contributed by atoms with Crippen LogP contribution >= 0.6 is 15.9 Å².